The zero-order valence-electron chi connectivity index (χ0n) is 12.5. The van der Waals surface area contributed by atoms with Crippen LogP contribution in [0, 0.1) is 5.92 Å². The number of rotatable bonds is 4. The summed E-state index contributed by atoms with van der Waals surface area (Å²) < 4.78 is 27.6. The Hall–Kier alpha value is -0.180. The monoisotopic (exact) mass is 363 g/mol. The highest BCUT2D eigenvalue weighted by Gasteiger charge is 2.30. The highest BCUT2D eigenvalue weighted by Crippen LogP contribution is 2.28. The Morgan fingerprint density at radius 3 is 2.45 bits per heavy atom. The van der Waals surface area contributed by atoms with E-state index in [0.29, 0.717) is 21.6 Å². The Morgan fingerprint density at radius 1 is 1.18 bits per heavy atom. The maximum atomic E-state index is 12.5. The smallest absolute Gasteiger partial charge is 0.252 e. The highest BCUT2D eigenvalue weighted by molar-refractivity contribution is 7.91. The van der Waals surface area contributed by atoms with E-state index in [1.54, 1.807) is 16.4 Å². The average molecular weight is 364 g/mol. The van der Waals surface area contributed by atoms with Crippen LogP contribution in [0.2, 0.25) is 4.34 Å². The predicted molar refractivity (Wildman–Crippen MR) is 90.1 cm³/mol. The summed E-state index contributed by atoms with van der Waals surface area (Å²) in [6, 6.07) is 3.25. The zero-order chi connectivity index (χ0) is 15.6. The first-order valence-corrected chi connectivity index (χ1v) is 10.4. The van der Waals surface area contributed by atoms with E-state index in [2.05, 4.69) is 10.2 Å². The summed E-state index contributed by atoms with van der Waals surface area (Å²) in [5.74, 6) is 0.750. The van der Waals surface area contributed by atoms with E-state index in [-0.39, 0.29) is 0 Å². The van der Waals surface area contributed by atoms with E-state index in [4.69, 9.17) is 11.6 Å². The fourth-order valence-electron chi connectivity index (χ4n) is 3.15. The second-order valence-corrected chi connectivity index (χ2v) is 9.84. The third-order valence-corrected chi connectivity index (χ3v) is 8.05. The number of piperidine rings is 1. The van der Waals surface area contributed by atoms with Gasteiger partial charge in [-0.05, 0) is 44.0 Å². The van der Waals surface area contributed by atoms with Crippen LogP contribution >= 0.6 is 22.9 Å². The molecule has 0 unspecified atom stereocenters. The molecule has 0 saturated carbocycles. The molecule has 0 aliphatic carbocycles. The number of nitrogens with zero attached hydrogens (tertiary/aromatic N) is 2. The molecule has 0 spiro atoms. The molecule has 5 nitrogen and oxygen atoms in total. The van der Waals surface area contributed by atoms with Gasteiger partial charge in [0.1, 0.15) is 4.21 Å². The van der Waals surface area contributed by atoms with Crippen molar-refractivity contribution in [3.8, 4) is 0 Å². The Morgan fingerprint density at radius 2 is 1.86 bits per heavy atom. The van der Waals surface area contributed by atoms with Gasteiger partial charge in [0.15, 0.2) is 0 Å². The standard InChI is InChI=1S/C14H22ClN3O2S2/c15-13-1-2-14(21-13)22(19,20)18-9-7-17(8-10-18)11-12-3-5-16-6-4-12/h1-2,12,16H,3-11H2. The third kappa shape index (κ3) is 3.83. The number of nitrogens with one attached hydrogen (secondary N) is 1. The van der Waals surface area contributed by atoms with Gasteiger partial charge in [-0.15, -0.1) is 11.3 Å². The predicted octanol–water partition coefficient (Wildman–Crippen LogP) is 1.71. The molecule has 0 radical (unpaired) electrons. The Bertz CT molecular complexity index is 591. The lowest BCUT2D eigenvalue weighted by Crippen LogP contribution is -2.50. The molecule has 2 saturated heterocycles. The highest BCUT2D eigenvalue weighted by atomic mass is 35.5. The minimum Gasteiger partial charge on any atom is -0.317 e. The van der Waals surface area contributed by atoms with Crippen molar-refractivity contribution in [3.05, 3.63) is 16.5 Å². The van der Waals surface area contributed by atoms with Crippen molar-refractivity contribution < 1.29 is 8.42 Å². The van der Waals surface area contributed by atoms with E-state index < -0.39 is 10.0 Å². The number of sulfonamides is 1. The molecule has 3 heterocycles. The molecular formula is C14H22ClN3O2S2. The second-order valence-electron chi connectivity index (χ2n) is 5.96. The molecule has 124 valence electrons. The van der Waals surface area contributed by atoms with Gasteiger partial charge in [0, 0.05) is 32.7 Å². The molecule has 1 N–H and O–H groups in total. The summed E-state index contributed by atoms with van der Waals surface area (Å²) in [5.41, 5.74) is 0. The normalized spacial score (nSPS) is 23.0. The molecule has 2 aliphatic heterocycles. The van der Waals surface area contributed by atoms with Gasteiger partial charge in [-0.3, -0.25) is 0 Å². The lowest BCUT2D eigenvalue weighted by Gasteiger charge is -2.36. The molecule has 22 heavy (non-hydrogen) atoms. The minimum absolute atomic E-state index is 0.351. The number of halogens is 1. The maximum Gasteiger partial charge on any atom is 0.252 e. The summed E-state index contributed by atoms with van der Waals surface area (Å²) >= 11 is 6.99. The van der Waals surface area contributed by atoms with Crippen LogP contribution in [0.3, 0.4) is 0 Å². The second kappa shape index (κ2) is 7.15. The number of thiophene rings is 1. The Balaban J connectivity index is 1.55. The van der Waals surface area contributed by atoms with Crippen molar-refractivity contribution in [3.63, 3.8) is 0 Å². The average Bonchev–Trinajstić information content (AvgIpc) is 2.96. The van der Waals surface area contributed by atoms with E-state index in [1.807, 2.05) is 0 Å². The van der Waals surface area contributed by atoms with Crippen molar-refractivity contribution in [2.45, 2.75) is 17.1 Å². The molecule has 8 heteroatoms. The van der Waals surface area contributed by atoms with E-state index in [9.17, 15) is 8.42 Å². The van der Waals surface area contributed by atoms with Crippen LogP contribution < -0.4 is 5.32 Å². The summed E-state index contributed by atoms with van der Waals surface area (Å²) in [4.78, 5) is 2.41. The van der Waals surface area contributed by atoms with Gasteiger partial charge in [0.05, 0.1) is 4.34 Å². The largest absolute Gasteiger partial charge is 0.317 e. The third-order valence-electron chi connectivity index (χ3n) is 4.45. The molecule has 3 rings (SSSR count). The van der Waals surface area contributed by atoms with Gasteiger partial charge in [0.2, 0.25) is 0 Å². The molecule has 0 atom stereocenters. The summed E-state index contributed by atoms with van der Waals surface area (Å²) in [6.45, 7) is 6.10. The minimum atomic E-state index is -3.37. The SMILES string of the molecule is O=S(=O)(c1ccc(Cl)s1)N1CCN(CC2CCNCC2)CC1. The lowest BCUT2D eigenvalue weighted by atomic mass is 9.97. The van der Waals surface area contributed by atoms with Gasteiger partial charge in [-0.2, -0.15) is 4.31 Å². The van der Waals surface area contributed by atoms with Crippen molar-refractivity contribution in [2.75, 3.05) is 45.8 Å². The van der Waals surface area contributed by atoms with Crippen LogP contribution in [0.25, 0.3) is 0 Å². The van der Waals surface area contributed by atoms with Gasteiger partial charge in [0.25, 0.3) is 10.0 Å². The molecule has 1 aromatic rings. The molecule has 2 aliphatic rings. The number of hydrogen-bond acceptors (Lipinski definition) is 5. The first-order valence-electron chi connectivity index (χ1n) is 7.74. The van der Waals surface area contributed by atoms with Gasteiger partial charge in [-0.1, -0.05) is 11.6 Å². The van der Waals surface area contributed by atoms with Crippen LogP contribution in [0.1, 0.15) is 12.8 Å². The van der Waals surface area contributed by atoms with Crippen LogP contribution in [-0.2, 0) is 10.0 Å². The van der Waals surface area contributed by atoms with Gasteiger partial charge < -0.3 is 10.2 Å². The van der Waals surface area contributed by atoms with E-state index in [1.165, 1.54) is 12.8 Å². The Labute approximate surface area is 141 Å². The Kier molecular flexibility index (Phi) is 5.42. The molecule has 0 aromatic carbocycles. The van der Waals surface area contributed by atoms with Crippen molar-refractivity contribution in [2.24, 2.45) is 5.92 Å². The molecule has 0 amide bonds. The topological polar surface area (TPSA) is 52.7 Å². The van der Waals surface area contributed by atoms with Crippen LogP contribution in [-0.4, -0.2) is 63.4 Å². The van der Waals surface area contributed by atoms with Crippen LogP contribution in [0.5, 0.6) is 0 Å². The van der Waals surface area contributed by atoms with Gasteiger partial charge in [-0.25, -0.2) is 8.42 Å². The lowest BCUT2D eigenvalue weighted by molar-refractivity contribution is 0.152. The fraction of sp³-hybridized carbons (Fsp3) is 0.714. The van der Waals surface area contributed by atoms with Crippen molar-refractivity contribution in [1.82, 2.24) is 14.5 Å². The van der Waals surface area contributed by atoms with Gasteiger partial charge >= 0.3 is 0 Å². The van der Waals surface area contributed by atoms with Crippen LogP contribution in [0.4, 0.5) is 0 Å². The summed E-state index contributed by atoms with van der Waals surface area (Å²) in [6.07, 6.45) is 2.46. The summed E-state index contributed by atoms with van der Waals surface area (Å²) in [5, 5.41) is 3.38. The first kappa shape index (κ1) is 16.7. The van der Waals surface area contributed by atoms with E-state index >= 15 is 0 Å². The van der Waals surface area contributed by atoms with Crippen molar-refractivity contribution in [1.29, 1.82) is 0 Å². The van der Waals surface area contributed by atoms with Crippen molar-refractivity contribution >= 4 is 33.0 Å². The fourth-order valence-corrected chi connectivity index (χ4v) is 6.20. The number of piperazine rings is 1. The maximum absolute atomic E-state index is 12.5. The zero-order valence-corrected chi connectivity index (χ0v) is 14.9. The molecule has 1 aromatic heterocycles. The summed E-state index contributed by atoms with van der Waals surface area (Å²) in [7, 11) is -3.37. The molecule has 0 bridgehead atoms. The van der Waals surface area contributed by atoms with E-state index in [0.717, 1.165) is 50.0 Å². The van der Waals surface area contributed by atoms with Crippen LogP contribution in [0.15, 0.2) is 16.3 Å². The first-order chi connectivity index (χ1) is 10.6. The number of hydrogen-bond donors (Lipinski definition) is 1. The molecular weight excluding hydrogens is 342 g/mol. The molecule has 2 fully saturated rings. The quantitative estimate of drug-likeness (QED) is 0.884.